The van der Waals surface area contributed by atoms with E-state index in [0.717, 1.165) is 0 Å². The van der Waals surface area contributed by atoms with Crippen molar-refractivity contribution >= 4 is 6.09 Å². The highest BCUT2D eigenvalue weighted by Crippen LogP contribution is 2.13. The van der Waals surface area contributed by atoms with E-state index in [1.165, 1.54) is 0 Å². The zero-order valence-corrected chi connectivity index (χ0v) is 12.0. The van der Waals surface area contributed by atoms with E-state index >= 15 is 0 Å². The molecule has 0 unspecified atom stereocenters. The van der Waals surface area contributed by atoms with Gasteiger partial charge in [0.2, 0.25) is 0 Å². The molecule has 1 aromatic rings. The van der Waals surface area contributed by atoms with Crippen molar-refractivity contribution < 1.29 is 22.7 Å². The Balaban J connectivity index is 2.50. The van der Waals surface area contributed by atoms with E-state index in [-0.39, 0.29) is 13.0 Å². The van der Waals surface area contributed by atoms with Crippen LogP contribution in [0.5, 0.6) is 0 Å². The third kappa shape index (κ3) is 6.21. The molecule has 0 spiro atoms. The monoisotopic (exact) mass is 299 g/mol. The van der Waals surface area contributed by atoms with Gasteiger partial charge < -0.3 is 10.1 Å². The second-order valence-electron chi connectivity index (χ2n) is 5.22. The number of nitrogens with one attached hydrogen (secondary N) is 1. The quantitative estimate of drug-likeness (QED) is 0.671. The fraction of sp³-hybridized carbons (Fsp3) is 0.400. The van der Waals surface area contributed by atoms with E-state index < -0.39 is 34.7 Å². The third-order valence-corrected chi connectivity index (χ3v) is 2.14. The van der Waals surface area contributed by atoms with Crippen LogP contribution in [0.3, 0.4) is 0 Å². The van der Waals surface area contributed by atoms with Gasteiger partial charge in [0.1, 0.15) is 23.1 Å². The SMILES string of the molecule is CC(C)(C)OC(=O)NCCC#Cc1c(F)cc(F)cc1F. The standard InChI is InChI=1S/C15H16F3NO2/c1-15(2,3)21-14(20)19-7-5-4-6-11-12(17)8-10(16)9-13(11)18/h8-9H,5,7H2,1-3H3,(H,19,20). The van der Waals surface area contributed by atoms with Gasteiger partial charge >= 0.3 is 6.09 Å². The average molecular weight is 299 g/mol. The van der Waals surface area contributed by atoms with Gasteiger partial charge in [-0.05, 0) is 20.8 Å². The minimum Gasteiger partial charge on any atom is -0.444 e. The van der Waals surface area contributed by atoms with Crippen molar-refractivity contribution in [2.24, 2.45) is 0 Å². The highest BCUT2D eigenvalue weighted by molar-refractivity contribution is 5.67. The molecule has 0 atom stereocenters. The summed E-state index contributed by atoms with van der Waals surface area (Å²) in [4.78, 5) is 11.3. The summed E-state index contributed by atoms with van der Waals surface area (Å²) in [5.41, 5.74) is -1.09. The first-order valence-electron chi connectivity index (χ1n) is 6.29. The molecule has 114 valence electrons. The first-order chi connectivity index (χ1) is 9.69. The van der Waals surface area contributed by atoms with E-state index in [0.29, 0.717) is 12.1 Å². The Kier molecular flexibility index (Phi) is 5.65. The van der Waals surface area contributed by atoms with Crippen molar-refractivity contribution in [3.05, 3.63) is 35.1 Å². The first-order valence-corrected chi connectivity index (χ1v) is 6.29. The number of ether oxygens (including phenoxy) is 1. The third-order valence-electron chi connectivity index (χ3n) is 2.14. The number of benzene rings is 1. The van der Waals surface area contributed by atoms with Gasteiger partial charge in [-0.25, -0.2) is 18.0 Å². The number of hydrogen-bond donors (Lipinski definition) is 1. The van der Waals surface area contributed by atoms with E-state index in [2.05, 4.69) is 17.2 Å². The van der Waals surface area contributed by atoms with Crippen molar-refractivity contribution in [1.29, 1.82) is 0 Å². The number of carbonyl (C=O) groups is 1. The maximum Gasteiger partial charge on any atom is 0.407 e. The van der Waals surface area contributed by atoms with Crippen molar-refractivity contribution in [1.82, 2.24) is 5.32 Å². The summed E-state index contributed by atoms with van der Waals surface area (Å²) in [5.74, 6) is 1.66. The van der Waals surface area contributed by atoms with Crippen LogP contribution in [0, 0.1) is 29.3 Å². The smallest absolute Gasteiger partial charge is 0.407 e. The lowest BCUT2D eigenvalue weighted by atomic mass is 10.2. The van der Waals surface area contributed by atoms with Gasteiger partial charge in [0.15, 0.2) is 0 Å². The Labute approximate surface area is 121 Å². The summed E-state index contributed by atoms with van der Waals surface area (Å²) in [7, 11) is 0. The molecular formula is C15H16F3NO2. The molecule has 0 aromatic heterocycles. The lowest BCUT2D eigenvalue weighted by Crippen LogP contribution is -2.32. The molecule has 0 aliphatic rings. The summed E-state index contributed by atoms with van der Waals surface area (Å²) in [6.45, 7) is 5.36. The molecule has 0 bridgehead atoms. The van der Waals surface area contributed by atoms with Crippen LogP contribution in [0.4, 0.5) is 18.0 Å². The maximum atomic E-state index is 13.3. The average Bonchev–Trinajstić information content (AvgIpc) is 2.29. The highest BCUT2D eigenvalue weighted by Gasteiger charge is 2.15. The summed E-state index contributed by atoms with van der Waals surface area (Å²) >= 11 is 0. The summed E-state index contributed by atoms with van der Waals surface area (Å²) < 4.78 is 44.2. The van der Waals surface area contributed by atoms with E-state index in [4.69, 9.17) is 4.74 Å². The number of halogens is 3. The molecule has 0 radical (unpaired) electrons. The maximum absolute atomic E-state index is 13.3. The molecule has 0 fully saturated rings. The Hall–Kier alpha value is -2.16. The molecular weight excluding hydrogens is 283 g/mol. The number of hydrogen-bond acceptors (Lipinski definition) is 2. The van der Waals surface area contributed by atoms with E-state index in [1.54, 1.807) is 20.8 Å². The Morgan fingerprint density at radius 3 is 2.33 bits per heavy atom. The molecule has 0 heterocycles. The van der Waals surface area contributed by atoms with Crippen molar-refractivity contribution in [3.8, 4) is 11.8 Å². The number of alkyl carbamates (subject to hydrolysis) is 1. The van der Waals surface area contributed by atoms with Gasteiger partial charge in [0.25, 0.3) is 0 Å². The van der Waals surface area contributed by atoms with Gasteiger partial charge in [0, 0.05) is 25.1 Å². The molecule has 1 rings (SSSR count). The molecule has 1 N–H and O–H groups in total. The van der Waals surface area contributed by atoms with Crippen LogP contribution >= 0.6 is 0 Å². The van der Waals surface area contributed by atoms with E-state index in [9.17, 15) is 18.0 Å². The molecule has 0 saturated heterocycles. The predicted octanol–water partition coefficient (Wildman–Crippen LogP) is 3.37. The Bertz CT molecular complexity index is 560. The lowest BCUT2D eigenvalue weighted by Gasteiger charge is -2.19. The van der Waals surface area contributed by atoms with Crippen LogP contribution in [0.2, 0.25) is 0 Å². The Morgan fingerprint density at radius 2 is 1.81 bits per heavy atom. The zero-order valence-electron chi connectivity index (χ0n) is 12.0. The van der Waals surface area contributed by atoms with Crippen LogP contribution in [0.15, 0.2) is 12.1 Å². The minimum atomic E-state index is -1.06. The topological polar surface area (TPSA) is 38.3 Å². The molecule has 0 aliphatic carbocycles. The fourth-order valence-electron chi connectivity index (χ4n) is 1.35. The molecule has 0 aliphatic heterocycles. The molecule has 1 aromatic carbocycles. The van der Waals surface area contributed by atoms with Crippen LogP contribution in [0.25, 0.3) is 0 Å². The van der Waals surface area contributed by atoms with Gasteiger partial charge in [-0.1, -0.05) is 11.8 Å². The summed E-state index contributed by atoms with van der Waals surface area (Å²) in [6.07, 6.45) is -0.418. The van der Waals surface area contributed by atoms with Gasteiger partial charge in [0.05, 0.1) is 5.56 Å². The molecule has 1 amide bonds. The van der Waals surface area contributed by atoms with Crippen molar-refractivity contribution in [2.75, 3.05) is 6.54 Å². The second-order valence-corrected chi connectivity index (χ2v) is 5.22. The molecule has 21 heavy (non-hydrogen) atoms. The fourth-order valence-corrected chi connectivity index (χ4v) is 1.35. The largest absolute Gasteiger partial charge is 0.444 e. The van der Waals surface area contributed by atoms with Crippen LogP contribution < -0.4 is 5.32 Å². The minimum absolute atomic E-state index is 0.173. The second kappa shape index (κ2) is 7.02. The number of amides is 1. The summed E-state index contributed by atoms with van der Waals surface area (Å²) in [6, 6.07) is 1.12. The van der Waals surface area contributed by atoms with Crippen LogP contribution in [0.1, 0.15) is 32.8 Å². The highest BCUT2D eigenvalue weighted by atomic mass is 19.1. The van der Waals surface area contributed by atoms with Gasteiger partial charge in [-0.15, -0.1) is 0 Å². The van der Waals surface area contributed by atoms with Crippen molar-refractivity contribution in [2.45, 2.75) is 32.8 Å². The number of carbonyl (C=O) groups excluding carboxylic acids is 1. The molecule has 3 nitrogen and oxygen atoms in total. The van der Waals surface area contributed by atoms with Crippen LogP contribution in [-0.2, 0) is 4.74 Å². The van der Waals surface area contributed by atoms with Gasteiger partial charge in [-0.2, -0.15) is 0 Å². The Morgan fingerprint density at radius 1 is 1.24 bits per heavy atom. The normalized spacial score (nSPS) is 10.6. The summed E-state index contributed by atoms with van der Waals surface area (Å²) in [5, 5.41) is 2.45. The lowest BCUT2D eigenvalue weighted by molar-refractivity contribution is 0.0529. The van der Waals surface area contributed by atoms with E-state index in [1.807, 2.05) is 0 Å². The molecule has 0 saturated carbocycles. The predicted molar refractivity (Wildman–Crippen MR) is 72.0 cm³/mol. The first kappa shape index (κ1) is 16.9. The molecule has 6 heteroatoms. The zero-order chi connectivity index (χ0) is 16.0. The van der Waals surface area contributed by atoms with Crippen LogP contribution in [-0.4, -0.2) is 18.2 Å². The van der Waals surface area contributed by atoms with Gasteiger partial charge in [-0.3, -0.25) is 0 Å². The van der Waals surface area contributed by atoms with Crippen molar-refractivity contribution in [3.63, 3.8) is 0 Å². The number of rotatable bonds is 2.